The second kappa shape index (κ2) is 8.92. The van der Waals surface area contributed by atoms with Crippen LogP contribution in [0.25, 0.3) is 0 Å². The Morgan fingerprint density at radius 1 is 1.21 bits per heavy atom. The number of halogens is 1. The van der Waals surface area contributed by atoms with Crippen molar-refractivity contribution >= 4 is 5.91 Å². The molecule has 1 aromatic carbocycles. The highest BCUT2D eigenvalue weighted by atomic mass is 19.1. The lowest BCUT2D eigenvalue weighted by molar-refractivity contribution is -0.155. The zero-order valence-corrected chi connectivity index (χ0v) is 16.7. The van der Waals surface area contributed by atoms with Gasteiger partial charge in [-0.25, -0.2) is 4.39 Å². The second-order valence-electron chi connectivity index (χ2n) is 7.70. The Morgan fingerprint density at radius 3 is 2.66 bits per heavy atom. The Morgan fingerprint density at radius 2 is 1.97 bits per heavy atom. The first kappa shape index (κ1) is 19.8. The van der Waals surface area contributed by atoms with Crippen molar-refractivity contribution in [3.05, 3.63) is 48.0 Å². The standard InChI is InChI=1S/C21H27FN4O3/c1-24-18(6-9-23-24)12-25-10-7-17(8-11-25)26-13-20(29-15-21(26)27)14-28-19-4-2-16(22)3-5-19/h2-6,9,17,20H,7-8,10-15H2,1H3/t20-/m0/s1. The third-order valence-corrected chi connectivity index (χ3v) is 5.72. The lowest BCUT2D eigenvalue weighted by atomic mass is 10.0. The summed E-state index contributed by atoms with van der Waals surface area (Å²) in [5, 5.41) is 4.23. The molecule has 0 aliphatic carbocycles. The molecule has 0 bridgehead atoms. The third kappa shape index (κ3) is 4.94. The molecule has 0 saturated carbocycles. The van der Waals surface area contributed by atoms with Gasteiger partial charge < -0.3 is 14.4 Å². The lowest BCUT2D eigenvalue weighted by Crippen LogP contribution is -2.55. The van der Waals surface area contributed by atoms with E-state index in [0.717, 1.165) is 32.5 Å². The maximum Gasteiger partial charge on any atom is 0.248 e. The minimum absolute atomic E-state index is 0.0492. The van der Waals surface area contributed by atoms with Crippen LogP contribution in [-0.2, 0) is 23.1 Å². The number of hydrogen-bond acceptors (Lipinski definition) is 5. The van der Waals surface area contributed by atoms with Crippen LogP contribution in [0.15, 0.2) is 36.5 Å². The summed E-state index contributed by atoms with van der Waals surface area (Å²) in [7, 11) is 1.96. The van der Waals surface area contributed by atoms with Gasteiger partial charge in [-0.3, -0.25) is 14.4 Å². The highest BCUT2D eigenvalue weighted by Gasteiger charge is 2.33. The first-order chi connectivity index (χ1) is 14.1. The minimum atomic E-state index is -0.294. The number of likely N-dealkylation sites (tertiary alicyclic amines) is 1. The van der Waals surface area contributed by atoms with Gasteiger partial charge in [0, 0.05) is 38.9 Å². The predicted molar refractivity (Wildman–Crippen MR) is 105 cm³/mol. The van der Waals surface area contributed by atoms with E-state index in [-0.39, 0.29) is 30.5 Å². The highest BCUT2D eigenvalue weighted by Crippen LogP contribution is 2.22. The SMILES string of the molecule is Cn1nccc1CN1CCC(N2C[C@@H](COc3ccc(F)cc3)OCC2=O)CC1. The zero-order valence-electron chi connectivity index (χ0n) is 16.7. The molecular formula is C21H27FN4O3. The van der Waals surface area contributed by atoms with Crippen molar-refractivity contribution in [2.24, 2.45) is 7.05 Å². The quantitative estimate of drug-likeness (QED) is 0.738. The fourth-order valence-corrected chi connectivity index (χ4v) is 3.99. The molecule has 0 radical (unpaired) electrons. The molecule has 2 fully saturated rings. The molecule has 4 rings (SSSR count). The molecule has 1 aromatic heterocycles. The summed E-state index contributed by atoms with van der Waals surface area (Å²) in [4.78, 5) is 16.8. The van der Waals surface area contributed by atoms with E-state index in [2.05, 4.69) is 10.00 Å². The molecule has 156 valence electrons. The molecule has 8 heteroatoms. The van der Waals surface area contributed by atoms with Gasteiger partial charge in [-0.1, -0.05) is 0 Å². The molecule has 2 saturated heterocycles. The predicted octanol–water partition coefficient (Wildman–Crippen LogP) is 1.83. The van der Waals surface area contributed by atoms with Crippen LogP contribution in [0.3, 0.4) is 0 Å². The van der Waals surface area contributed by atoms with Crippen LogP contribution in [0.2, 0.25) is 0 Å². The Bertz CT molecular complexity index is 818. The number of ether oxygens (including phenoxy) is 2. The van der Waals surface area contributed by atoms with E-state index in [1.54, 1.807) is 12.1 Å². The first-order valence-electron chi connectivity index (χ1n) is 10.1. The molecule has 7 nitrogen and oxygen atoms in total. The van der Waals surface area contributed by atoms with Gasteiger partial charge in [0.1, 0.15) is 30.9 Å². The number of morpholine rings is 1. The summed E-state index contributed by atoms with van der Waals surface area (Å²) in [6, 6.07) is 8.21. The average molecular weight is 402 g/mol. The van der Waals surface area contributed by atoms with E-state index >= 15 is 0 Å². The summed E-state index contributed by atoms with van der Waals surface area (Å²) in [5.74, 6) is 0.354. The van der Waals surface area contributed by atoms with Crippen molar-refractivity contribution in [2.45, 2.75) is 31.5 Å². The summed E-state index contributed by atoms with van der Waals surface area (Å²) in [6.45, 7) is 3.76. The van der Waals surface area contributed by atoms with E-state index in [9.17, 15) is 9.18 Å². The van der Waals surface area contributed by atoms with E-state index in [0.29, 0.717) is 18.9 Å². The number of nitrogens with zero attached hydrogens (tertiary/aromatic N) is 4. The number of aromatic nitrogens is 2. The lowest BCUT2D eigenvalue weighted by Gasteiger charge is -2.42. The number of carbonyl (C=O) groups is 1. The molecule has 1 atom stereocenters. The Kier molecular flexibility index (Phi) is 6.10. The molecular weight excluding hydrogens is 375 g/mol. The van der Waals surface area contributed by atoms with Gasteiger partial charge in [-0.05, 0) is 43.2 Å². The van der Waals surface area contributed by atoms with Gasteiger partial charge in [-0.2, -0.15) is 5.10 Å². The second-order valence-corrected chi connectivity index (χ2v) is 7.70. The average Bonchev–Trinajstić information content (AvgIpc) is 3.14. The topological polar surface area (TPSA) is 59.8 Å². The van der Waals surface area contributed by atoms with Gasteiger partial charge in [-0.15, -0.1) is 0 Å². The fourth-order valence-electron chi connectivity index (χ4n) is 3.99. The Hall–Kier alpha value is -2.45. The zero-order chi connectivity index (χ0) is 20.2. The van der Waals surface area contributed by atoms with Gasteiger partial charge in [0.15, 0.2) is 0 Å². The van der Waals surface area contributed by atoms with Crippen molar-refractivity contribution in [1.29, 1.82) is 0 Å². The Balaban J connectivity index is 1.27. The maximum atomic E-state index is 13.0. The van der Waals surface area contributed by atoms with Gasteiger partial charge in [0.2, 0.25) is 5.91 Å². The van der Waals surface area contributed by atoms with Crippen molar-refractivity contribution in [2.75, 3.05) is 32.8 Å². The normalized spacial score (nSPS) is 21.5. The van der Waals surface area contributed by atoms with Crippen molar-refractivity contribution in [1.82, 2.24) is 19.6 Å². The molecule has 29 heavy (non-hydrogen) atoms. The van der Waals surface area contributed by atoms with E-state index in [4.69, 9.17) is 9.47 Å². The summed E-state index contributed by atoms with van der Waals surface area (Å²) in [5.41, 5.74) is 1.20. The maximum absolute atomic E-state index is 13.0. The van der Waals surface area contributed by atoms with Gasteiger partial charge in [0.05, 0.1) is 12.2 Å². The highest BCUT2D eigenvalue weighted by molar-refractivity contribution is 5.78. The van der Waals surface area contributed by atoms with E-state index in [1.807, 2.05) is 28.9 Å². The Labute approximate surface area is 170 Å². The van der Waals surface area contributed by atoms with Crippen LogP contribution >= 0.6 is 0 Å². The number of rotatable bonds is 6. The molecule has 2 aromatic rings. The fraction of sp³-hybridized carbons (Fsp3) is 0.524. The largest absolute Gasteiger partial charge is 0.491 e. The van der Waals surface area contributed by atoms with Crippen LogP contribution in [-0.4, -0.2) is 70.5 Å². The molecule has 0 N–H and O–H groups in total. The summed E-state index contributed by atoms with van der Waals surface area (Å²) in [6.07, 6.45) is 3.55. The monoisotopic (exact) mass is 402 g/mol. The molecule has 2 aliphatic heterocycles. The third-order valence-electron chi connectivity index (χ3n) is 5.72. The van der Waals surface area contributed by atoms with Crippen molar-refractivity contribution in [3.8, 4) is 5.75 Å². The summed E-state index contributed by atoms with van der Waals surface area (Å²) >= 11 is 0. The van der Waals surface area contributed by atoms with Crippen LogP contribution in [0.1, 0.15) is 18.5 Å². The van der Waals surface area contributed by atoms with Crippen LogP contribution < -0.4 is 4.74 Å². The molecule has 1 amide bonds. The van der Waals surface area contributed by atoms with Crippen LogP contribution in [0.4, 0.5) is 4.39 Å². The first-order valence-corrected chi connectivity index (χ1v) is 10.1. The summed E-state index contributed by atoms with van der Waals surface area (Å²) < 4.78 is 26.3. The number of aryl methyl sites for hydroxylation is 1. The van der Waals surface area contributed by atoms with E-state index < -0.39 is 0 Å². The van der Waals surface area contributed by atoms with Crippen LogP contribution in [0.5, 0.6) is 5.75 Å². The number of piperidine rings is 1. The van der Waals surface area contributed by atoms with E-state index in [1.165, 1.54) is 17.8 Å². The number of amides is 1. The minimum Gasteiger partial charge on any atom is -0.491 e. The molecule has 2 aliphatic rings. The number of benzene rings is 1. The smallest absolute Gasteiger partial charge is 0.248 e. The van der Waals surface area contributed by atoms with Crippen molar-refractivity contribution in [3.63, 3.8) is 0 Å². The van der Waals surface area contributed by atoms with Crippen molar-refractivity contribution < 1.29 is 18.7 Å². The molecule has 0 spiro atoms. The number of hydrogen-bond donors (Lipinski definition) is 0. The number of carbonyl (C=O) groups excluding carboxylic acids is 1. The molecule has 3 heterocycles. The van der Waals surface area contributed by atoms with Gasteiger partial charge in [0.25, 0.3) is 0 Å². The molecule has 0 unspecified atom stereocenters. The van der Waals surface area contributed by atoms with Crippen LogP contribution in [0, 0.1) is 5.82 Å². The van der Waals surface area contributed by atoms with Gasteiger partial charge >= 0.3 is 0 Å².